The van der Waals surface area contributed by atoms with E-state index in [0.29, 0.717) is 30.7 Å². The normalized spacial score (nSPS) is 22.3. The summed E-state index contributed by atoms with van der Waals surface area (Å²) in [6.45, 7) is 4.11. The number of nitrogens with zero attached hydrogens (tertiary/aromatic N) is 5. The predicted molar refractivity (Wildman–Crippen MR) is 106 cm³/mol. The second-order valence-corrected chi connectivity index (χ2v) is 9.72. The van der Waals surface area contributed by atoms with Gasteiger partial charge in [-0.25, -0.2) is 19.2 Å². The number of nitrogen functional groups attached to an aromatic ring is 1. The molecule has 2 unspecified atom stereocenters. The molecule has 1 saturated heterocycles. The predicted octanol–water partition coefficient (Wildman–Crippen LogP) is 2.24. The molecule has 2 atom stereocenters. The third kappa shape index (κ3) is 4.03. The highest BCUT2D eigenvalue weighted by atomic mass is 32.2. The lowest BCUT2D eigenvalue weighted by atomic mass is 10.2. The van der Waals surface area contributed by atoms with Crippen molar-refractivity contribution in [1.82, 2.24) is 15.0 Å². The maximum atomic E-state index is 12.9. The van der Waals surface area contributed by atoms with Crippen molar-refractivity contribution in [2.75, 3.05) is 36.6 Å². The lowest BCUT2D eigenvalue weighted by molar-refractivity contribution is 0.0985. The second-order valence-electron chi connectivity index (χ2n) is 7.15. The van der Waals surface area contributed by atoms with E-state index in [0.717, 1.165) is 30.8 Å². The molecule has 1 aliphatic heterocycles. The van der Waals surface area contributed by atoms with E-state index in [4.69, 9.17) is 15.5 Å². The van der Waals surface area contributed by atoms with Gasteiger partial charge in [0.25, 0.3) is 0 Å². The molecule has 2 aromatic heterocycles. The summed E-state index contributed by atoms with van der Waals surface area (Å²) in [5.74, 6) is 2.11. The maximum Gasteiger partial charge on any atom is 0.167 e. The SMILES string of the molecule is CC1COCCN1c1cc(N=S(C)(=O)C2CC2)nc(-c2ccnc(N)c2)n1. The lowest BCUT2D eigenvalue weighted by Gasteiger charge is -2.34. The van der Waals surface area contributed by atoms with Gasteiger partial charge in [-0.05, 0) is 31.9 Å². The van der Waals surface area contributed by atoms with Gasteiger partial charge in [0.05, 0.1) is 29.0 Å². The summed E-state index contributed by atoms with van der Waals surface area (Å²) in [6.07, 6.45) is 5.27. The van der Waals surface area contributed by atoms with E-state index in [1.54, 1.807) is 18.5 Å². The average molecular weight is 388 g/mol. The van der Waals surface area contributed by atoms with Gasteiger partial charge in [-0.15, -0.1) is 0 Å². The van der Waals surface area contributed by atoms with Crippen LogP contribution in [0.5, 0.6) is 0 Å². The van der Waals surface area contributed by atoms with Crippen LogP contribution in [0.15, 0.2) is 28.8 Å². The fourth-order valence-corrected chi connectivity index (χ4v) is 4.79. The molecule has 0 bridgehead atoms. The van der Waals surface area contributed by atoms with Crippen LogP contribution in [-0.4, -0.2) is 56.5 Å². The first kappa shape index (κ1) is 18.1. The van der Waals surface area contributed by atoms with Gasteiger partial charge in [-0.3, -0.25) is 0 Å². The third-order valence-corrected chi connectivity index (χ3v) is 7.08. The average Bonchev–Trinajstić information content (AvgIpc) is 3.47. The van der Waals surface area contributed by atoms with Crippen LogP contribution in [0.2, 0.25) is 0 Å². The van der Waals surface area contributed by atoms with Crippen LogP contribution in [-0.2, 0) is 14.5 Å². The standard InChI is InChI=1S/C18H24N6O2S/c1-12-11-26-8-7-24(12)17-10-16(23-27(2,25)14-3-4-14)21-18(22-17)13-5-6-20-15(19)9-13/h5-6,9-10,12,14H,3-4,7-8,11H2,1-2H3,(H2,19,20). The molecule has 0 spiro atoms. The summed E-state index contributed by atoms with van der Waals surface area (Å²) < 4.78 is 22.9. The van der Waals surface area contributed by atoms with E-state index >= 15 is 0 Å². The summed E-state index contributed by atoms with van der Waals surface area (Å²) >= 11 is 0. The minimum absolute atomic E-state index is 0.165. The Kier molecular flexibility index (Phi) is 4.73. The second kappa shape index (κ2) is 7.05. The quantitative estimate of drug-likeness (QED) is 0.856. The van der Waals surface area contributed by atoms with E-state index in [-0.39, 0.29) is 11.3 Å². The van der Waals surface area contributed by atoms with E-state index < -0.39 is 9.73 Å². The van der Waals surface area contributed by atoms with Crippen molar-refractivity contribution in [1.29, 1.82) is 0 Å². The number of hydrogen-bond donors (Lipinski definition) is 1. The van der Waals surface area contributed by atoms with Crippen LogP contribution in [0.4, 0.5) is 17.5 Å². The van der Waals surface area contributed by atoms with Crippen LogP contribution in [0, 0.1) is 0 Å². The van der Waals surface area contributed by atoms with E-state index in [9.17, 15) is 4.21 Å². The van der Waals surface area contributed by atoms with E-state index in [1.807, 2.05) is 12.1 Å². The highest BCUT2D eigenvalue weighted by Gasteiger charge is 2.31. The number of hydrogen-bond acceptors (Lipinski definition) is 8. The fraction of sp³-hybridized carbons (Fsp3) is 0.500. The largest absolute Gasteiger partial charge is 0.384 e. The van der Waals surface area contributed by atoms with Gasteiger partial charge < -0.3 is 15.4 Å². The number of pyridine rings is 1. The van der Waals surface area contributed by atoms with Crippen LogP contribution >= 0.6 is 0 Å². The van der Waals surface area contributed by atoms with E-state index in [1.165, 1.54) is 0 Å². The van der Waals surface area contributed by atoms with Crippen LogP contribution in [0.25, 0.3) is 11.4 Å². The van der Waals surface area contributed by atoms with Gasteiger partial charge in [-0.2, -0.15) is 4.36 Å². The molecule has 1 saturated carbocycles. The number of nitrogens with two attached hydrogens (primary N) is 1. The number of aromatic nitrogens is 3. The smallest absolute Gasteiger partial charge is 0.167 e. The molecule has 27 heavy (non-hydrogen) atoms. The monoisotopic (exact) mass is 388 g/mol. The summed E-state index contributed by atoms with van der Waals surface area (Å²) in [6, 6.07) is 5.55. The Morgan fingerprint density at radius 3 is 2.85 bits per heavy atom. The number of morpholine rings is 1. The Balaban J connectivity index is 1.82. The Morgan fingerprint density at radius 1 is 1.33 bits per heavy atom. The summed E-state index contributed by atoms with van der Waals surface area (Å²) in [5, 5.41) is 0.165. The zero-order valence-electron chi connectivity index (χ0n) is 15.5. The first-order valence-corrected chi connectivity index (χ1v) is 11.1. The van der Waals surface area contributed by atoms with Crippen molar-refractivity contribution in [2.24, 2.45) is 4.36 Å². The summed E-state index contributed by atoms with van der Waals surface area (Å²) in [5.41, 5.74) is 6.58. The number of ether oxygens (including phenoxy) is 1. The van der Waals surface area contributed by atoms with Gasteiger partial charge in [0.15, 0.2) is 11.6 Å². The first-order chi connectivity index (χ1) is 12.9. The van der Waals surface area contributed by atoms with Crippen LogP contribution < -0.4 is 10.6 Å². The summed E-state index contributed by atoms with van der Waals surface area (Å²) in [7, 11) is -2.30. The fourth-order valence-electron chi connectivity index (χ4n) is 3.17. The highest BCUT2D eigenvalue weighted by Crippen LogP contribution is 2.33. The summed E-state index contributed by atoms with van der Waals surface area (Å²) in [4.78, 5) is 15.5. The first-order valence-electron chi connectivity index (χ1n) is 9.09. The topological polar surface area (TPSA) is 107 Å². The Morgan fingerprint density at radius 2 is 2.15 bits per heavy atom. The molecule has 2 fully saturated rings. The van der Waals surface area contributed by atoms with Gasteiger partial charge in [0.1, 0.15) is 11.6 Å². The highest BCUT2D eigenvalue weighted by molar-refractivity contribution is 7.93. The minimum Gasteiger partial charge on any atom is -0.384 e. The Hall–Kier alpha value is -2.26. The van der Waals surface area contributed by atoms with Crippen molar-refractivity contribution in [2.45, 2.75) is 31.1 Å². The van der Waals surface area contributed by atoms with E-state index in [2.05, 4.69) is 26.2 Å². The molecular weight excluding hydrogens is 364 g/mol. The Labute approximate surface area is 159 Å². The van der Waals surface area contributed by atoms with Gasteiger partial charge >= 0.3 is 0 Å². The molecule has 2 aromatic rings. The maximum absolute atomic E-state index is 12.9. The lowest BCUT2D eigenvalue weighted by Crippen LogP contribution is -2.44. The number of rotatable bonds is 4. The van der Waals surface area contributed by atoms with Crippen molar-refractivity contribution < 1.29 is 8.95 Å². The molecule has 8 nitrogen and oxygen atoms in total. The molecule has 144 valence electrons. The van der Waals surface area contributed by atoms with Crippen molar-refractivity contribution in [3.63, 3.8) is 0 Å². The zero-order valence-corrected chi connectivity index (χ0v) is 16.4. The molecule has 0 amide bonds. The molecule has 4 rings (SSSR count). The molecule has 3 heterocycles. The molecule has 9 heteroatoms. The van der Waals surface area contributed by atoms with Crippen molar-refractivity contribution in [3.05, 3.63) is 24.4 Å². The van der Waals surface area contributed by atoms with Crippen molar-refractivity contribution in [3.8, 4) is 11.4 Å². The minimum atomic E-state index is -2.30. The zero-order chi connectivity index (χ0) is 19.0. The van der Waals surface area contributed by atoms with Gasteiger partial charge in [0.2, 0.25) is 0 Å². The molecule has 0 radical (unpaired) electrons. The molecule has 2 aliphatic rings. The van der Waals surface area contributed by atoms with Crippen LogP contribution in [0.3, 0.4) is 0 Å². The van der Waals surface area contributed by atoms with Gasteiger partial charge in [0, 0.05) is 35.9 Å². The molecule has 2 N–H and O–H groups in total. The van der Waals surface area contributed by atoms with Gasteiger partial charge in [-0.1, -0.05) is 0 Å². The molecule has 1 aliphatic carbocycles. The van der Waals surface area contributed by atoms with Crippen molar-refractivity contribution >= 4 is 27.2 Å². The molecule has 0 aromatic carbocycles. The third-order valence-electron chi connectivity index (χ3n) is 4.82. The molecular formula is C18H24N6O2S. The number of anilines is 2. The Bertz CT molecular complexity index is 968. The van der Waals surface area contributed by atoms with Crippen LogP contribution in [0.1, 0.15) is 19.8 Å².